The number of imidazole rings is 1. The zero-order valence-corrected chi connectivity index (χ0v) is 19.9. The average molecular weight is 474 g/mol. The van der Waals surface area contributed by atoms with Gasteiger partial charge in [0.25, 0.3) is 5.91 Å². The highest BCUT2D eigenvalue weighted by molar-refractivity contribution is 5.98. The minimum Gasteiger partial charge on any atom is -0.474 e. The number of piperidine rings is 1. The Morgan fingerprint density at radius 2 is 1.89 bits per heavy atom. The summed E-state index contributed by atoms with van der Waals surface area (Å²) < 4.78 is 14.1. The third kappa shape index (κ3) is 4.94. The average Bonchev–Trinajstić information content (AvgIpc) is 3.42. The van der Waals surface area contributed by atoms with Gasteiger partial charge < -0.3 is 18.9 Å². The number of carbonyl (C=O) groups excluding carboxylic acids is 1. The number of hydrogen-bond donors (Lipinski definition) is 0. The van der Waals surface area contributed by atoms with E-state index in [1.807, 2.05) is 53.6 Å². The van der Waals surface area contributed by atoms with Gasteiger partial charge in [0.05, 0.1) is 31.4 Å². The number of carbonyl (C=O) groups is 1. The first kappa shape index (κ1) is 22.2. The van der Waals surface area contributed by atoms with Crippen molar-refractivity contribution in [3.8, 4) is 5.88 Å². The molecular formula is C27H31N5O3. The standard InChI is InChI=1S/C27H31N5O3/c33-27-24-6-2-1-4-20(24)16-32(27)17-21-5-3-7-26(29-21)35-22-8-12-30(13-9-22)19-25-28-11-14-31(25)18-23-10-15-34-23/h1-7,11,14,22-23H,8-10,12-13,15-19H2/t23-/m0/s1. The summed E-state index contributed by atoms with van der Waals surface area (Å²) in [6, 6.07) is 13.6. The Morgan fingerprint density at radius 1 is 1.03 bits per heavy atom. The van der Waals surface area contributed by atoms with Crippen molar-refractivity contribution in [1.82, 2.24) is 24.3 Å². The van der Waals surface area contributed by atoms with E-state index in [0.29, 0.717) is 25.1 Å². The van der Waals surface area contributed by atoms with E-state index in [1.54, 1.807) is 0 Å². The Bertz CT molecular complexity index is 1180. The quantitative estimate of drug-likeness (QED) is 0.500. The third-order valence-electron chi connectivity index (χ3n) is 7.21. The van der Waals surface area contributed by atoms with E-state index in [-0.39, 0.29) is 12.0 Å². The lowest BCUT2D eigenvalue weighted by Crippen LogP contribution is -2.39. The SMILES string of the molecule is O=C1c2ccccc2CN1Cc1cccc(OC2CCN(Cc3nccn3C[C@@H]3CCO3)CC2)n1. The van der Waals surface area contributed by atoms with E-state index >= 15 is 0 Å². The zero-order chi connectivity index (χ0) is 23.6. The molecule has 0 bridgehead atoms. The maximum Gasteiger partial charge on any atom is 0.254 e. The molecule has 2 aromatic heterocycles. The minimum absolute atomic E-state index is 0.0712. The molecule has 3 aliphatic heterocycles. The first-order chi connectivity index (χ1) is 17.2. The predicted octanol–water partition coefficient (Wildman–Crippen LogP) is 3.27. The summed E-state index contributed by atoms with van der Waals surface area (Å²) in [5.41, 5.74) is 2.73. The molecule has 1 amide bonds. The second-order valence-corrected chi connectivity index (χ2v) is 9.66. The Morgan fingerprint density at radius 3 is 2.69 bits per heavy atom. The van der Waals surface area contributed by atoms with Crippen molar-refractivity contribution in [2.45, 2.75) is 57.6 Å². The van der Waals surface area contributed by atoms with Crippen molar-refractivity contribution in [2.24, 2.45) is 0 Å². The first-order valence-corrected chi connectivity index (χ1v) is 12.5. The summed E-state index contributed by atoms with van der Waals surface area (Å²) in [6.07, 6.45) is 7.48. The van der Waals surface area contributed by atoms with Crippen molar-refractivity contribution in [3.63, 3.8) is 0 Å². The maximum absolute atomic E-state index is 12.7. The van der Waals surface area contributed by atoms with E-state index in [4.69, 9.17) is 14.5 Å². The lowest BCUT2D eigenvalue weighted by atomic mass is 10.1. The molecule has 1 aromatic carbocycles. The van der Waals surface area contributed by atoms with E-state index in [9.17, 15) is 4.79 Å². The number of fused-ring (bicyclic) bond motifs is 1. The zero-order valence-electron chi connectivity index (χ0n) is 19.9. The molecule has 0 aliphatic carbocycles. The molecule has 2 fully saturated rings. The largest absolute Gasteiger partial charge is 0.474 e. The van der Waals surface area contributed by atoms with Crippen LogP contribution in [0.1, 0.15) is 46.7 Å². The van der Waals surface area contributed by atoms with Crippen LogP contribution in [0.5, 0.6) is 5.88 Å². The smallest absolute Gasteiger partial charge is 0.254 e. The number of benzene rings is 1. The highest BCUT2D eigenvalue weighted by Gasteiger charge is 2.27. The fraction of sp³-hybridized carbons (Fsp3) is 0.444. The van der Waals surface area contributed by atoms with Gasteiger partial charge in [0.2, 0.25) is 5.88 Å². The molecule has 35 heavy (non-hydrogen) atoms. The molecule has 6 rings (SSSR count). The van der Waals surface area contributed by atoms with E-state index < -0.39 is 0 Å². The van der Waals surface area contributed by atoms with Gasteiger partial charge in [-0.15, -0.1) is 0 Å². The minimum atomic E-state index is 0.0712. The Kier molecular flexibility index (Phi) is 6.22. The highest BCUT2D eigenvalue weighted by atomic mass is 16.5. The monoisotopic (exact) mass is 473 g/mol. The number of amides is 1. The van der Waals surface area contributed by atoms with Crippen LogP contribution in [0.25, 0.3) is 0 Å². The Hall–Kier alpha value is -3.23. The lowest BCUT2D eigenvalue weighted by Gasteiger charge is -2.32. The van der Waals surface area contributed by atoms with Gasteiger partial charge in [0.15, 0.2) is 0 Å². The van der Waals surface area contributed by atoms with Gasteiger partial charge in [-0.3, -0.25) is 9.69 Å². The first-order valence-electron chi connectivity index (χ1n) is 12.5. The van der Waals surface area contributed by atoms with Crippen LogP contribution in [0, 0.1) is 0 Å². The molecular weight excluding hydrogens is 442 g/mol. The molecule has 5 heterocycles. The summed E-state index contributed by atoms with van der Waals surface area (Å²) in [6.45, 7) is 5.69. The van der Waals surface area contributed by atoms with Gasteiger partial charge in [0.1, 0.15) is 11.9 Å². The van der Waals surface area contributed by atoms with Crippen LogP contribution < -0.4 is 4.74 Å². The summed E-state index contributed by atoms with van der Waals surface area (Å²) in [7, 11) is 0. The molecule has 0 spiro atoms. The number of likely N-dealkylation sites (tertiary alicyclic amines) is 1. The number of ether oxygens (including phenoxy) is 2. The van der Waals surface area contributed by atoms with Gasteiger partial charge >= 0.3 is 0 Å². The summed E-state index contributed by atoms with van der Waals surface area (Å²) in [4.78, 5) is 26.3. The highest BCUT2D eigenvalue weighted by Crippen LogP contribution is 2.25. The molecule has 0 radical (unpaired) electrons. The fourth-order valence-electron chi connectivity index (χ4n) is 5.11. The molecule has 0 unspecified atom stereocenters. The second-order valence-electron chi connectivity index (χ2n) is 9.66. The molecule has 0 N–H and O–H groups in total. The van der Waals surface area contributed by atoms with Gasteiger partial charge in [-0.05, 0) is 37.0 Å². The van der Waals surface area contributed by atoms with Gasteiger partial charge in [0, 0.05) is 50.3 Å². The van der Waals surface area contributed by atoms with Crippen molar-refractivity contribution in [1.29, 1.82) is 0 Å². The van der Waals surface area contributed by atoms with Crippen molar-refractivity contribution in [2.75, 3.05) is 19.7 Å². The Balaban J connectivity index is 1.00. The summed E-state index contributed by atoms with van der Waals surface area (Å²) in [5, 5.41) is 0. The third-order valence-corrected chi connectivity index (χ3v) is 7.21. The normalized spacial score (nSPS) is 20.6. The molecule has 2 saturated heterocycles. The van der Waals surface area contributed by atoms with E-state index in [2.05, 4.69) is 20.6 Å². The molecule has 8 nitrogen and oxygen atoms in total. The molecule has 182 valence electrons. The van der Waals surface area contributed by atoms with E-state index in [0.717, 1.165) is 74.7 Å². The lowest BCUT2D eigenvalue weighted by molar-refractivity contribution is -0.0598. The van der Waals surface area contributed by atoms with Crippen molar-refractivity contribution < 1.29 is 14.3 Å². The van der Waals surface area contributed by atoms with Crippen LogP contribution in [-0.2, 0) is 30.9 Å². The van der Waals surface area contributed by atoms with Gasteiger partial charge in [-0.25, -0.2) is 9.97 Å². The molecule has 8 heteroatoms. The maximum atomic E-state index is 12.7. The molecule has 3 aliphatic rings. The number of pyridine rings is 1. The predicted molar refractivity (Wildman–Crippen MR) is 130 cm³/mol. The number of aromatic nitrogens is 3. The van der Waals surface area contributed by atoms with Gasteiger partial charge in [-0.1, -0.05) is 24.3 Å². The second kappa shape index (κ2) is 9.79. The van der Waals surface area contributed by atoms with Crippen LogP contribution in [0.15, 0.2) is 54.9 Å². The summed E-state index contributed by atoms with van der Waals surface area (Å²) >= 11 is 0. The van der Waals surface area contributed by atoms with E-state index in [1.165, 1.54) is 0 Å². The molecule has 3 aromatic rings. The summed E-state index contributed by atoms with van der Waals surface area (Å²) in [5.74, 6) is 1.82. The van der Waals surface area contributed by atoms with Crippen LogP contribution >= 0.6 is 0 Å². The number of nitrogens with zero attached hydrogens (tertiary/aromatic N) is 5. The van der Waals surface area contributed by atoms with Crippen molar-refractivity contribution >= 4 is 5.91 Å². The van der Waals surface area contributed by atoms with Gasteiger partial charge in [-0.2, -0.15) is 0 Å². The molecule has 0 saturated carbocycles. The Labute approximate surface area is 205 Å². The fourth-order valence-corrected chi connectivity index (χ4v) is 5.11. The topological polar surface area (TPSA) is 72.7 Å². The number of hydrogen-bond acceptors (Lipinski definition) is 6. The van der Waals surface area contributed by atoms with Crippen LogP contribution in [0.4, 0.5) is 0 Å². The number of rotatable bonds is 8. The van der Waals surface area contributed by atoms with Crippen LogP contribution in [0.2, 0.25) is 0 Å². The van der Waals surface area contributed by atoms with Crippen LogP contribution in [-0.4, -0.2) is 62.1 Å². The molecule has 1 atom stereocenters. The van der Waals surface area contributed by atoms with Crippen LogP contribution in [0.3, 0.4) is 0 Å². The van der Waals surface area contributed by atoms with Crippen molar-refractivity contribution in [3.05, 3.63) is 77.5 Å².